The van der Waals surface area contributed by atoms with E-state index in [2.05, 4.69) is 20.2 Å². The highest BCUT2D eigenvalue weighted by Gasteiger charge is 2.27. The molecule has 32 heavy (non-hydrogen) atoms. The lowest BCUT2D eigenvalue weighted by Crippen LogP contribution is -2.38. The highest BCUT2D eigenvalue weighted by molar-refractivity contribution is 6.32. The molecule has 1 amide bonds. The quantitative estimate of drug-likeness (QED) is 0.561. The molecule has 7 nitrogen and oxygen atoms in total. The topological polar surface area (TPSA) is 76.6 Å². The number of carbonyl (C=O) groups excluding carboxylic acids is 1. The molecule has 0 atom stereocenters. The summed E-state index contributed by atoms with van der Waals surface area (Å²) in [6.45, 7) is 3.36. The van der Waals surface area contributed by atoms with Gasteiger partial charge in [0, 0.05) is 37.1 Å². The summed E-state index contributed by atoms with van der Waals surface area (Å²) in [7, 11) is 1.56. The zero-order chi connectivity index (χ0) is 22.5. The van der Waals surface area contributed by atoms with Crippen molar-refractivity contribution in [3.63, 3.8) is 0 Å². The Morgan fingerprint density at radius 3 is 2.56 bits per heavy atom. The van der Waals surface area contributed by atoms with Gasteiger partial charge in [0.05, 0.1) is 12.1 Å². The molecular weight excluding hydrogens is 428 g/mol. The third-order valence-corrected chi connectivity index (χ3v) is 5.83. The lowest BCUT2D eigenvalue weighted by molar-refractivity contribution is -0.120. The molecule has 166 valence electrons. The lowest BCUT2D eigenvalue weighted by atomic mass is 9.96. The number of nitrogens with one attached hydrogen (secondary N) is 1. The number of nitrogens with zero attached hydrogens (tertiary/aromatic N) is 3. The molecule has 0 aliphatic carbocycles. The molecule has 0 radical (unpaired) electrons. The second-order valence-electron chi connectivity index (χ2n) is 7.65. The number of piperidine rings is 1. The maximum atomic E-state index is 12.8. The number of halogens is 1. The fourth-order valence-electron chi connectivity index (χ4n) is 3.72. The van der Waals surface area contributed by atoms with Crippen molar-refractivity contribution >= 4 is 29.0 Å². The average molecular weight is 453 g/mol. The number of carbonyl (C=O) groups is 1. The zero-order valence-corrected chi connectivity index (χ0v) is 18.8. The summed E-state index contributed by atoms with van der Waals surface area (Å²) >= 11 is 6.16. The molecule has 0 spiro atoms. The maximum absolute atomic E-state index is 12.8. The van der Waals surface area contributed by atoms with Gasteiger partial charge in [-0.15, -0.1) is 0 Å². The Hall–Kier alpha value is -3.32. The first kappa shape index (κ1) is 21.9. The molecule has 1 N–H and O–H groups in total. The van der Waals surface area contributed by atoms with Gasteiger partial charge in [-0.3, -0.25) is 4.79 Å². The van der Waals surface area contributed by atoms with Crippen LogP contribution in [0.5, 0.6) is 17.4 Å². The van der Waals surface area contributed by atoms with Crippen LogP contribution in [0.3, 0.4) is 0 Å². The highest BCUT2D eigenvalue weighted by atomic mass is 35.5. The summed E-state index contributed by atoms with van der Waals surface area (Å²) in [4.78, 5) is 23.8. The number of hydrogen-bond acceptors (Lipinski definition) is 6. The van der Waals surface area contributed by atoms with Crippen LogP contribution < -0.4 is 19.7 Å². The van der Waals surface area contributed by atoms with Crippen LogP contribution in [0.4, 0.5) is 11.5 Å². The van der Waals surface area contributed by atoms with Crippen LogP contribution in [-0.2, 0) is 4.79 Å². The van der Waals surface area contributed by atoms with E-state index in [0.717, 1.165) is 11.3 Å². The molecule has 2 heterocycles. The monoisotopic (exact) mass is 452 g/mol. The van der Waals surface area contributed by atoms with Crippen LogP contribution in [0, 0.1) is 12.8 Å². The van der Waals surface area contributed by atoms with E-state index in [1.165, 1.54) is 0 Å². The van der Waals surface area contributed by atoms with Crippen molar-refractivity contribution in [1.29, 1.82) is 0 Å². The molecule has 0 bridgehead atoms. The highest BCUT2D eigenvalue weighted by Crippen LogP contribution is 2.33. The first-order chi connectivity index (χ1) is 15.5. The minimum atomic E-state index is -0.0930. The van der Waals surface area contributed by atoms with Crippen molar-refractivity contribution in [3.05, 3.63) is 65.4 Å². The van der Waals surface area contributed by atoms with E-state index in [9.17, 15) is 4.79 Å². The van der Waals surface area contributed by atoms with Gasteiger partial charge >= 0.3 is 0 Å². The van der Waals surface area contributed by atoms with E-state index >= 15 is 0 Å². The van der Waals surface area contributed by atoms with Crippen LogP contribution in [0.15, 0.2) is 54.9 Å². The number of aromatic nitrogens is 2. The van der Waals surface area contributed by atoms with Gasteiger partial charge in [0.1, 0.15) is 11.5 Å². The average Bonchev–Trinajstić information content (AvgIpc) is 2.81. The smallest absolute Gasteiger partial charge is 0.263 e. The third kappa shape index (κ3) is 4.94. The van der Waals surface area contributed by atoms with E-state index in [0.29, 0.717) is 54.1 Å². The molecule has 1 aliphatic rings. The van der Waals surface area contributed by atoms with Crippen LogP contribution in [0.25, 0.3) is 0 Å². The molecule has 2 aromatic carbocycles. The largest absolute Gasteiger partial charge is 0.495 e. The predicted molar refractivity (Wildman–Crippen MR) is 125 cm³/mol. The van der Waals surface area contributed by atoms with Crippen molar-refractivity contribution in [2.24, 2.45) is 5.92 Å². The van der Waals surface area contributed by atoms with Gasteiger partial charge < -0.3 is 19.7 Å². The third-order valence-electron chi connectivity index (χ3n) is 5.53. The number of methoxy groups -OCH3 is 1. The van der Waals surface area contributed by atoms with E-state index in [1.807, 2.05) is 31.2 Å². The van der Waals surface area contributed by atoms with E-state index in [4.69, 9.17) is 21.1 Å². The Labute approximate surface area is 192 Å². The molecule has 8 heteroatoms. The van der Waals surface area contributed by atoms with Gasteiger partial charge in [-0.25, -0.2) is 9.97 Å². The molecule has 4 rings (SSSR count). The van der Waals surface area contributed by atoms with Crippen molar-refractivity contribution in [1.82, 2.24) is 9.97 Å². The summed E-state index contributed by atoms with van der Waals surface area (Å²) < 4.78 is 11.2. The number of anilines is 2. The summed E-state index contributed by atoms with van der Waals surface area (Å²) in [5.41, 5.74) is 1.68. The van der Waals surface area contributed by atoms with Crippen LogP contribution >= 0.6 is 11.6 Å². The fraction of sp³-hybridized carbons (Fsp3) is 0.292. The lowest BCUT2D eigenvalue weighted by Gasteiger charge is -2.32. The fourth-order valence-corrected chi connectivity index (χ4v) is 3.98. The Kier molecular flexibility index (Phi) is 6.75. The van der Waals surface area contributed by atoms with Gasteiger partial charge in [-0.05, 0) is 49.6 Å². The van der Waals surface area contributed by atoms with Crippen molar-refractivity contribution < 1.29 is 14.3 Å². The molecule has 1 aliphatic heterocycles. The van der Waals surface area contributed by atoms with Crippen LogP contribution in [0.2, 0.25) is 5.02 Å². The summed E-state index contributed by atoms with van der Waals surface area (Å²) in [5, 5.41) is 3.42. The van der Waals surface area contributed by atoms with Crippen LogP contribution in [-0.4, -0.2) is 36.1 Å². The first-order valence-electron chi connectivity index (χ1n) is 10.5. The Morgan fingerprint density at radius 1 is 1.09 bits per heavy atom. The predicted octanol–water partition coefficient (Wildman–Crippen LogP) is 5.09. The van der Waals surface area contributed by atoms with Crippen molar-refractivity contribution in [3.8, 4) is 17.4 Å². The molecule has 1 aromatic heterocycles. The molecule has 1 fully saturated rings. The maximum Gasteiger partial charge on any atom is 0.263 e. The minimum Gasteiger partial charge on any atom is -0.495 e. The Balaban J connectivity index is 1.39. The van der Waals surface area contributed by atoms with Gasteiger partial charge in [0.15, 0.2) is 5.82 Å². The number of benzene rings is 2. The molecule has 0 saturated carbocycles. The van der Waals surface area contributed by atoms with Crippen LogP contribution in [0.1, 0.15) is 18.4 Å². The SMILES string of the molecule is COc1ccc(NC(=O)C2CCN(c3nccnc3Oc3ccccc3C)CC2)cc1Cl. The first-order valence-corrected chi connectivity index (χ1v) is 10.9. The number of aryl methyl sites for hydroxylation is 1. The standard InChI is InChI=1S/C24H25ClN4O3/c1-16-5-3-4-6-20(16)32-24-22(26-11-12-27-24)29-13-9-17(10-14-29)23(30)28-18-7-8-21(31-2)19(25)15-18/h3-8,11-12,15,17H,9-10,13-14H2,1-2H3,(H,28,30). The van der Waals surface area contributed by atoms with E-state index in [-0.39, 0.29) is 11.8 Å². The summed E-state index contributed by atoms with van der Waals surface area (Å²) in [5.74, 6) is 2.38. The van der Waals surface area contributed by atoms with Gasteiger partial charge in [0.25, 0.3) is 5.88 Å². The number of para-hydroxylation sites is 1. The Bertz CT molecular complexity index is 1100. The second-order valence-corrected chi connectivity index (χ2v) is 8.06. The van der Waals surface area contributed by atoms with Crippen molar-refractivity contribution in [2.75, 3.05) is 30.4 Å². The normalized spacial score (nSPS) is 14.2. The summed E-state index contributed by atoms with van der Waals surface area (Å²) in [6, 6.07) is 13.0. The van der Waals surface area contributed by atoms with Gasteiger partial charge in [-0.2, -0.15) is 0 Å². The number of rotatable bonds is 6. The number of ether oxygens (including phenoxy) is 2. The Morgan fingerprint density at radius 2 is 1.84 bits per heavy atom. The molecule has 1 saturated heterocycles. The van der Waals surface area contributed by atoms with Gasteiger partial charge in [-0.1, -0.05) is 29.8 Å². The molecule has 0 unspecified atom stereocenters. The number of hydrogen-bond donors (Lipinski definition) is 1. The van der Waals surface area contributed by atoms with Crippen molar-refractivity contribution in [2.45, 2.75) is 19.8 Å². The second kappa shape index (κ2) is 9.87. The van der Waals surface area contributed by atoms with E-state index in [1.54, 1.807) is 37.7 Å². The summed E-state index contributed by atoms with van der Waals surface area (Å²) in [6.07, 6.45) is 4.69. The van der Waals surface area contributed by atoms with E-state index < -0.39 is 0 Å². The number of amides is 1. The minimum absolute atomic E-state index is 0.0126. The molecular formula is C24H25ClN4O3. The molecule has 3 aromatic rings. The van der Waals surface area contributed by atoms with Gasteiger partial charge in [0.2, 0.25) is 5.91 Å². The zero-order valence-electron chi connectivity index (χ0n) is 18.0.